The monoisotopic (exact) mass is 585 g/mol. The summed E-state index contributed by atoms with van der Waals surface area (Å²) in [5, 5.41) is 7.45. The molecule has 210 valence electrons. The summed E-state index contributed by atoms with van der Waals surface area (Å²) < 4.78 is 15.9. The van der Waals surface area contributed by atoms with Crippen LogP contribution < -0.4 is 20.2 Å². The Morgan fingerprint density at radius 2 is 1.70 bits per heavy atom. The Bertz CT molecular complexity index is 1320. The summed E-state index contributed by atoms with van der Waals surface area (Å²) in [5.74, 6) is -0.706. The van der Waals surface area contributed by atoms with Crippen LogP contribution >= 0.6 is 23.2 Å². The Morgan fingerprint density at radius 1 is 0.975 bits per heavy atom. The maximum atomic E-state index is 13.0. The fourth-order valence-corrected chi connectivity index (χ4v) is 3.86. The molecule has 0 aromatic heterocycles. The molecule has 0 unspecified atom stereocenters. The van der Waals surface area contributed by atoms with Crippen LogP contribution in [-0.2, 0) is 25.5 Å². The molecule has 3 aromatic carbocycles. The lowest BCUT2D eigenvalue weighted by atomic mass is 10.1. The van der Waals surface area contributed by atoms with Gasteiger partial charge in [0.1, 0.15) is 17.5 Å². The molecule has 3 aromatic rings. The third kappa shape index (κ3) is 9.91. The van der Waals surface area contributed by atoms with E-state index in [9.17, 15) is 14.4 Å². The molecule has 0 aliphatic heterocycles. The van der Waals surface area contributed by atoms with Crippen LogP contribution in [0.3, 0.4) is 0 Å². The SMILES string of the molecule is CCOC(=O)COc1ccc(/C=N\NC(=O)[C@H](Cc2ccccc2)NC(=O)[C@H](C)Oc2ccc(Cl)cc2Cl)cc1. The lowest BCUT2D eigenvalue weighted by Crippen LogP contribution is -2.50. The number of hydrogen-bond acceptors (Lipinski definition) is 7. The van der Waals surface area contributed by atoms with Crippen molar-refractivity contribution in [3.63, 3.8) is 0 Å². The van der Waals surface area contributed by atoms with Crippen molar-refractivity contribution in [1.29, 1.82) is 0 Å². The number of amides is 2. The van der Waals surface area contributed by atoms with Crippen molar-refractivity contribution in [2.75, 3.05) is 13.2 Å². The van der Waals surface area contributed by atoms with Crippen molar-refractivity contribution >= 4 is 47.2 Å². The summed E-state index contributed by atoms with van der Waals surface area (Å²) in [6.45, 7) is 3.36. The molecule has 40 heavy (non-hydrogen) atoms. The second-order valence-corrected chi connectivity index (χ2v) is 9.33. The molecule has 9 nitrogen and oxygen atoms in total. The van der Waals surface area contributed by atoms with Gasteiger partial charge in [-0.25, -0.2) is 10.2 Å². The number of hydrogen-bond donors (Lipinski definition) is 2. The van der Waals surface area contributed by atoms with Gasteiger partial charge in [0.2, 0.25) is 0 Å². The van der Waals surface area contributed by atoms with E-state index in [-0.39, 0.29) is 24.7 Å². The predicted octanol–water partition coefficient (Wildman–Crippen LogP) is 4.58. The highest BCUT2D eigenvalue weighted by Gasteiger charge is 2.25. The zero-order valence-corrected chi connectivity index (χ0v) is 23.4. The Labute approximate surface area is 242 Å². The van der Waals surface area contributed by atoms with Crippen molar-refractivity contribution in [2.24, 2.45) is 5.10 Å². The molecule has 0 aliphatic carbocycles. The molecule has 0 spiro atoms. The minimum Gasteiger partial charge on any atom is -0.482 e. The normalized spacial score (nSPS) is 12.3. The molecular formula is C29H29Cl2N3O6. The van der Waals surface area contributed by atoms with Crippen molar-refractivity contribution in [3.05, 3.63) is 94.0 Å². The largest absolute Gasteiger partial charge is 0.482 e. The molecule has 2 N–H and O–H groups in total. The van der Waals surface area contributed by atoms with E-state index in [0.29, 0.717) is 22.1 Å². The van der Waals surface area contributed by atoms with E-state index in [1.165, 1.54) is 12.3 Å². The number of nitrogens with zero attached hydrogens (tertiary/aromatic N) is 1. The van der Waals surface area contributed by atoms with Gasteiger partial charge in [-0.3, -0.25) is 9.59 Å². The van der Waals surface area contributed by atoms with Gasteiger partial charge in [0, 0.05) is 11.4 Å². The number of carbonyl (C=O) groups excluding carboxylic acids is 3. The van der Waals surface area contributed by atoms with Crippen LogP contribution in [0.5, 0.6) is 11.5 Å². The van der Waals surface area contributed by atoms with Gasteiger partial charge in [-0.15, -0.1) is 0 Å². The molecule has 0 saturated carbocycles. The summed E-state index contributed by atoms with van der Waals surface area (Å²) in [7, 11) is 0. The number of carbonyl (C=O) groups is 3. The molecular weight excluding hydrogens is 557 g/mol. The van der Waals surface area contributed by atoms with Crippen LogP contribution in [0.1, 0.15) is 25.0 Å². The van der Waals surface area contributed by atoms with E-state index >= 15 is 0 Å². The molecule has 0 saturated heterocycles. The van der Waals surface area contributed by atoms with Crippen LogP contribution in [0, 0.1) is 0 Å². The lowest BCUT2D eigenvalue weighted by Gasteiger charge is -2.21. The van der Waals surface area contributed by atoms with Crippen LogP contribution in [0.25, 0.3) is 0 Å². The molecule has 0 bridgehead atoms. The number of benzene rings is 3. The molecule has 0 fully saturated rings. The first-order valence-corrected chi connectivity index (χ1v) is 13.2. The zero-order chi connectivity index (χ0) is 28.9. The van der Waals surface area contributed by atoms with Crippen LogP contribution in [0.15, 0.2) is 77.9 Å². The van der Waals surface area contributed by atoms with Gasteiger partial charge < -0.3 is 19.5 Å². The highest BCUT2D eigenvalue weighted by molar-refractivity contribution is 6.35. The van der Waals surface area contributed by atoms with Gasteiger partial charge in [0.25, 0.3) is 11.8 Å². The Morgan fingerprint density at radius 3 is 2.38 bits per heavy atom. The molecule has 11 heteroatoms. The second kappa shape index (κ2) is 15.5. The molecule has 2 amide bonds. The summed E-state index contributed by atoms with van der Waals surface area (Å²) in [6, 6.07) is 19.7. The van der Waals surface area contributed by atoms with Crippen molar-refractivity contribution in [1.82, 2.24) is 10.7 Å². The van der Waals surface area contributed by atoms with Crippen molar-refractivity contribution in [3.8, 4) is 11.5 Å². The summed E-state index contributed by atoms with van der Waals surface area (Å²) in [6.07, 6.45) is 0.732. The standard InChI is InChI=1S/C29H29Cl2N3O6/c1-3-38-27(35)18-39-23-12-9-21(10-13-23)17-32-34-29(37)25(15-20-7-5-4-6-8-20)33-28(36)19(2)40-26-14-11-22(30)16-24(26)31/h4-14,16-17,19,25H,3,15,18H2,1-2H3,(H,33,36)(H,34,37)/b32-17-/t19-,25-/m0/s1. The first-order chi connectivity index (χ1) is 19.2. The summed E-state index contributed by atoms with van der Waals surface area (Å²) >= 11 is 12.1. The van der Waals surface area contributed by atoms with Gasteiger partial charge in [-0.05, 0) is 67.4 Å². The minimum absolute atomic E-state index is 0.192. The van der Waals surface area contributed by atoms with Gasteiger partial charge in [-0.2, -0.15) is 5.10 Å². The summed E-state index contributed by atoms with van der Waals surface area (Å²) in [5.41, 5.74) is 4.00. The van der Waals surface area contributed by atoms with Gasteiger partial charge >= 0.3 is 5.97 Å². The topological polar surface area (TPSA) is 115 Å². The van der Waals surface area contributed by atoms with E-state index in [1.54, 1.807) is 50.2 Å². The fourth-order valence-electron chi connectivity index (χ4n) is 3.41. The number of halogens is 2. The minimum atomic E-state index is -0.946. The van der Waals surface area contributed by atoms with Gasteiger partial charge in [-0.1, -0.05) is 53.5 Å². The number of ether oxygens (including phenoxy) is 3. The van der Waals surface area contributed by atoms with E-state index < -0.39 is 29.9 Å². The predicted molar refractivity (Wildman–Crippen MR) is 153 cm³/mol. The van der Waals surface area contributed by atoms with E-state index in [2.05, 4.69) is 15.8 Å². The maximum absolute atomic E-state index is 13.0. The zero-order valence-electron chi connectivity index (χ0n) is 21.9. The number of esters is 1. The lowest BCUT2D eigenvalue weighted by molar-refractivity contribution is -0.145. The first-order valence-electron chi connectivity index (χ1n) is 12.4. The highest BCUT2D eigenvalue weighted by atomic mass is 35.5. The smallest absolute Gasteiger partial charge is 0.344 e. The maximum Gasteiger partial charge on any atom is 0.344 e. The van der Waals surface area contributed by atoms with E-state index in [0.717, 1.165) is 5.56 Å². The molecule has 0 radical (unpaired) electrons. The molecule has 2 atom stereocenters. The average Bonchev–Trinajstić information content (AvgIpc) is 2.94. The van der Waals surface area contributed by atoms with Crippen LogP contribution in [0.2, 0.25) is 10.0 Å². The van der Waals surface area contributed by atoms with Gasteiger partial charge in [0.05, 0.1) is 17.8 Å². The number of rotatable bonds is 13. The second-order valence-electron chi connectivity index (χ2n) is 8.48. The number of nitrogens with one attached hydrogen (secondary N) is 2. The van der Waals surface area contributed by atoms with E-state index in [4.69, 9.17) is 37.4 Å². The van der Waals surface area contributed by atoms with Crippen LogP contribution in [0.4, 0.5) is 0 Å². The number of hydrazone groups is 1. The van der Waals surface area contributed by atoms with Crippen LogP contribution in [-0.4, -0.2) is 49.4 Å². The third-order valence-corrected chi connectivity index (χ3v) is 5.94. The quantitative estimate of drug-likeness (QED) is 0.172. The summed E-state index contributed by atoms with van der Waals surface area (Å²) in [4.78, 5) is 37.4. The first kappa shape index (κ1) is 30.5. The Hall–Kier alpha value is -4.08. The van der Waals surface area contributed by atoms with Crippen molar-refractivity contribution < 1.29 is 28.6 Å². The molecule has 0 aliphatic rings. The van der Waals surface area contributed by atoms with Crippen molar-refractivity contribution in [2.45, 2.75) is 32.4 Å². The average molecular weight is 586 g/mol. The van der Waals surface area contributed by atoms with Gasteiger partial charge in [0.15, 0.2) is 12.7 Å². The Balaban J connectivity index is 1.61. The highest BCUT2D eigenvalue weighted by Crippen LogP contribution is 2.28. The Kier molecular flexibility index (Phi) is 11.8. The van der Waals surface area contributed by atoms with E-state index in [1.807, 2.05) is 30.3 Å². The molecule has 0 heterocycles. The third-order valence-electron chi connectivity index (χ3n) is 5.41. The molecule has 3 rings (SSSR count). The fraction of sp³-hybridized carbons (Fsp3) is 0.241.